The fourth-order valence-corrected chi connectivity index (χ4v) is 5.46. The van der Waals surface area contributed by atoms with E-state index in [2.05, 4.69) is 5.32 Å². The molecule has 38 heavy (non-hydrogen) atoms. The van der Waals surface area contributed by atoms with E-state index < -0.39 is 23.5 Å². The number of piperidine rings is 1. The number of benzene rings is 2. The highest BCUT2D eigenvalue weighted by molar-refractivity contribution is 5.99. The van der Waals surface area contributed by atoms with E-state index in [9.17, 15) is 18.8 Å². The van der Waals surface area contributed by atoms with Gasteiger partial charge in [0.05, 0.1) is 25.4 Å². The van der Waals surface area contributed by atoms with Crippen molar-refractivity contribution in [3.05, 3.63) is 65.5 Å². The molecule has 3 amide bonds. The molecule has 3 heterocycles. The summed E-state index contributed by atoms with van der Waals surface area (Å²) in [6, 6.07) is 11.8. The lowest BCUT2D eigenvalue weighted by molar-refractivity contribution is -0.128. The van der Waals surface area contributed by atoms with Gasteiger partial charge in [0.2, 0.25) is 5.91 Å². The van der Waals surface area contributed by atoms with Gasteiger partial charge in [-0.3, -0.25) is 19.3 Å². The number of hydrogen-bond acceptors (Lipinski definition) is 6. The van der Waals surface area contributed by atoms with E-state index in [1.165, 1.54) is 30.2 Å². The Hall–Kier alpha value is -3.50. The largest absolute Gasteiger partial charge is 0.497 e. The average Bonchev–Trinajstić information content (AvgIpc) is 3.60. The van der Waals surface area contributed by atoms with Crippen LogP contribution in [-0.2, 0) is 14.3 Å². The van der Waals surface area contributed by atoms with Gasteiger partial charge >= 0.3 is 0 Å². The van der Waals surface area contributed by atoms with Crippen molar-refractivity contribution in [1.82, 2.24) is 15.1 Å². The van der Waals surface area contributed by atoms with Crippen molar-refractivity contribution in [2.75, 3.05) is 40.0 Å². The molecule has 3 saturated heterocycles. The van der Waals surface area contributed by atoms with Gasteiger partial charge in [0.15, 0.2) is 0 Å². The summed E-state index contributed by atoms with van der Waals surface area (Å²) in [5.41, 5.74) is -0.694. The van der Waals surface area contributed by atoms with Crippen molar-refractivity contribution < 1.29 is 33.0 Å². The highest BCUT2D eigenvalue weighted by Crippen LogP contribution is 2.39. The van der Waals surface area contributed by atoms with E-state index in [4.69, 9.17) is 14.2 Å². The van der Waals surface area contributed by atoms with Gasteiger partial charge in [-0.1, -0.05) is 18.2 Å². The highest BCUT2D eigenvalue weighted by atomic mass is 19.1. The molecule has 0 bridgehead atoms. The van der Waals surface area contributed by atoms with Gasteiger partial charge in [0.25, 0.3) is 11.8 Å². The molecule has 1 spiro atoms. The highest BCUT2D eigenvalue weighted by Gasteiger charge is 2.54. The maximum absolute atomic E-state index is 14.2. The summed E-state index contributed by atoms with van der Waals surface area (Å²) >= 11 is 0. The summed E-state index contributed by atoms with van der Waals surface area (Å²) in [5, 5.41) is 2.93. The van der Waals surface area contributed by atoms with Gasteiger partial charge < -0.3 is 24.4 Å². The van der Waals surface area contributed by atoms with Crippen LogP contribution in [0.4, 0.5) is 4.39 Å². The van der Waals surface area contributed by atoms with E-state index in [-0.39, 0.29) is 43.2 Å². The number of rotatable bonds is 6. The van der Waals surface area contributed by atoms with Crippen LogP contribution in [0.1, 0.15) is 46.4 Å². The number of amides is 3. The molecule has 2 aromatic carbocycles. The van der Waals surface area contributed by atoms with Crippen LogP contribution in [0.3, 0.4) is 0 Å². The van der Waals surface area contributed by atoms with Crippen LogP contribution in [0.15, 0.2) is 48.5 Å². The maximum atomic E-state index is 14.2. The van der Waals surface area contributed by atoms with Gasteiger partial charge in [-0.15, -0.1) is 0 Å². The zero-order valence-electron chi connectivity index (χ0n) is 21.4. The van der Waals surface area contributed by atoms with Crippen LogP contribution >= 0.6 is 0 Å². The zero-order chi connectivity index (χ0) is 26.7. The Bertz CT molecular complexity index is 1190. The minimum absolute atomic E-state index is 0.00601. The predicted octanol–water partition coefficient (Wildman–Crippen LogP) is 2.60. The molecule has 10 heteroatoms. The molecule has 2 atom stereocenters. The van der Waals surface area contributed by atoms with Crippen LogP contribution in [0, 0.1) is 5.82 Å². The molecule has 9 nitrogen and oxygen atoms in total. The van der Waals surface area contributed by atoms with Crippen molar-refractivity contribution in [3.8, 4) is 5.75 Å². The lowest BCUT2D eigenvalue weighted by Crippen LogP contribution is -2.60. The third-order valence-electron chi connectivity index (χ3n) is 7.56. The van der Waals surface area contributed by atoms with Crippen LogP contribution < -0.4 is 10.1 Å². The summed E-state index contributed by atoms with van der Waals surface area (Å²) in [7, 11) is 1.52. The molecule has 0 radical (unpaired) electrons. The minimum atomic E-state index is -1.07. The second-order valence-electron chi connectivity index (χ2n) is 9.83. The first-order valence-electron chi connectivity index (χ1n) is 13.0. The van der Waals surface area contributed by atoms with Crippen molar-refractivity contribution in [2.45, 2.75) is 43.6 Å². The number of carbonyl (C=O) groups excluding carboxylic acids is 3. The molecule has 5 rings (SSSR count). The first-order chi connectivity index (χ1) is 18.4. The molecule has 202 valence electrons. The second kappa shape index (κ2) is 11.1. The van der Waals surface area contributed by atoms with Crippen LogP contribution in [0.25, 0.3) is 0 Å². The predicted molar refractivity (Wildman–Crippen MR) is 135 cm³/mol. The Kier molecular flexibility index (Phi) is 7.62. The Morgan fingerprint density at radius 2 is 1.89 bits per heavy atom. The summed E-state index contributed by atoms with van der Waals surface area (Å²) in [4.78, 5) is 43.3. The summed E-state index contributed by atoms with van der Waals surface area (Å²) < 4.78 is 31.4. The summed E-state index contributed by atoms with van der Waals surface area (Å²) in [5.74, 6) is -1.12. The first kappa shape index (κ1) is 26.1. The standard InChI is InChI=1S/C28H32FN3O6/c1-36-20-7-4-6-19(16-20)26(34)32-24(25(33)30-17-21-8-5-15-37-21)18-38-28(32)11-13-31(14-12-28)27(35)22-9-2-3-10-23(22)29/h2-4,6-7,9-10,16,21,24H,5,8,11-15,17-18H2,1H3,(H,30,33)/t21-,24-/m0/s1. The number of hydrogen-bond donors (Lipinski definition) is 1. The third-order valence-corrected chi connectivity index (χ3v) is 7.56. The van der Waals surface area contributed by atoms with E-state index in [0.717, 1.165) is 12.8 Å². The molecular formula is C28H32FN3O6. The van der Waals surface area contributed by atoms with Gasteiger partial charge in [-0.05, 0) is 43.2 Å². The van der Waals surface area contributed by atoms with Crippen molar-refractivity contribution in [2.24, 2.45) is 0 Å². The Morgan fingerprint density at radius 3 is 2.61 bits per heavy atom. The molecule has 0 aliphatic carbocycles. The van der Waals surface area contributed by atoms with Crippen molar-refractivity contribution in [3.63, 3.8) is 0 Å². The SMILES string of the molecule is COc1cccc(C(=O)N2[C@H](C(=O)NC[C@@H]3CCCO3)COC23CCN(C(=O)c2ccccc2F)CC3)c1. The summed E-state index contributed by atoms with van der Waals surface area (Å²) in [6.45, 7) is 1.58. The number of nitrogens with zero attached hydrogens (tertiary/aromatic N) is 2. The molecule has 3 fully saturated rings. The zero-order valence-corrected chi connectivity index (χ0v) is 21.4. The second-order valence-corrected chi connectivity index (χ2v) is 9.83. The van der Waals surface area contributed by atoms with Crippen LogP contribution in [-0.4, -0.2) is 85.3 Å². The molecule has 3 aliphatic heterocycles. The van der Waals surface area contributed by atoms with Gasteiger partial charge in [0.1, 0.15) is 23.3 Å². The van der Waals surface area contributed by atoms with E-state index in [1.54, 1.807) is 35.2 Å². The van der Waals surface area contributed by atoms with Crippen molar-refractivity contribution >= 4 is 17.7 Å². The number of halogens is 1. The minimum Gasteiger partial charge on any atom is -0.497 e. The Morgan fingerprint density at radius 1 is 1.11 bits per heavy atom. The van der Waals surface area contributed by atoms with Gasteiger partial charge in [0, 0.05) is 44.6 Å². The van der Waals surface area contributed by atoms with Crippen LogP contribution in [0.5, 0.6) is 5.75 Å². The maximum Gasteiger partial charge on any atom is 0.257 e. The number of likely N-dealkylation sites (tertiary alicyclic amines) is 1. The molecule has 0 saturated carbocycles. The quantitative estimate of drug-likeness (QED) is 0.623. The molecule has 2 aromatic rings. The summed E-state index contributed by atoms with van der Waals surface area (Å²) in [6.07, 6.45) is 2.38. The number of ether oxygens (including phenoxy) is 3. The van der Waals surface area contributed by atoms with E-state index >= 15 is 0 Å². The fraction of sp³-hybridized carbons (Fsp3) is 0.464. The van der Waals surface area contributed by atoms with Gasteiger partial charge in [-0.2, -0.15) is 0 Å². The first-order valence-corrected chi connectivity index (χ1v) is 13.0. The molecule has 0 aromatic heterocycles. The smallest absolute Gasteiger partial charge is 0.257 e. The molecular weight excluding hydrogens is 493 g/mol. The fourth-order valence-electron chi connectivity index (χ4n) is 5.46. The Balaban J connectivity index is 1.36. The number of methoxy groups -OCH3 is 1. The van der Waals surface area contributed by atoms with E-state index in [0.29, 0.717) is 37.3 Å². The lowest BCUT2D eigenvalue weighted by Gasteiger charge is -2.44. The average molecular weight is 526 g/mol. The van der Waals surface area contributed by atoms with Crippen molar-refractivity contribution in [1.29, 1.82) is 0 Å². The topological polar surface area (TPSA) is 97.4 Å². The monoisotopic (exact) mass is 525 g/mol. The normalized spacial score (nSPS) is 22.5. The number of nitrogens with one attached hydrogen (secondary N) is 1. The Labute approximate surface area is 220 Å². The van der Waals surface area contributed by atoms with Gasteiger partial charge in [-0.25, -0.2) is 4.39 Å². The molecule has 3 aliphatic rings. The number of carbonyl (C=O) groups is 3. The molecule has 1 N–H and O–H groups in total. The molecule has 0 unspecified atom stereocenters. The van der Waals surface area contributed by atoms with E-state index in [1.807, 2.05) is 0 Å². The lowest BCUT2D eigenvalue weighted by atomic mass is 9.96. The third kappa shape index (κ3) is 5.10. The van der Waals surface area contributed by atoms with Crippen LogP contribution in [0.2, 0.25) is 0 Å².